The molecule has 2 N–H and O–H groups in total. The third kappa shape index (κ3) is 4.09. The zero-order valence-electron chi connectivity index (χ0n) is 10.2. The minimum Gasteiger partial charge on any atom is -0.393 e. The van der Waals surface area contributed by atoms with E-state index in [4.69, 9.17) is 18.0 Å². The van der Waals surface area contributed by atoms with Gasteiger partial charge in [-0.1, -0.05) is 31.6 Å². The molecule has 1 amide bonds. The third-order valence-corrected chi connectivity index (χ3v) is 3.71. The number of carbonyl (C=O) groups is 1. The lowest BCUT2D eigenvalue weighted by Crippen LogP contribution is -2.38. The maximum absolute atomic E-state index is 12.2. The number of thiophene rings is 1. The molecule has 1 atom stereocenters. The number of carbonyl (C=O) groups excluding carboxylic acids is 1. The summed E-state index contributed by atoms with van der Waals surface area (Å²) in [6, 6.07) is 4.00. The highest BCUT2D eigenvalue weighted by Gasteiger charge is 2.23. The third-order valence-electron chi connectivity index (χ3n) is 2.57. The van der Waals surface area contributed by atoms with Crippen molar-refractivity contribution < 1.29 is 4.79 Å². The van der Waals surface area contributed by atoms with Crippen LogP contribution in [0.1, 0.15) is 24.6 Å². The van der Waals surface area contributed by atoms with Gasteiger partial charge in [0, 0.05) is 11.9 Å². The monoisotopic (exact) mass is 270 g/mol. The average molecular weight is 270 g/mol. The molecule has 17 heavy (non-hydrogen) atoms. The molecule has 0 aliphatic rings. The maximum atomic E-state index is 12.2. The zero-order chi connectivity index (χ0) is 12.8. The molecule has 1 unspecified atom stereocenters. The summed E-state index contributed by atoms with van der Waals surface area (Å²) in [6.45, 7) is 2.65. The highest BCUT2D eigenvalue weighted by Crippen LogP contribution is 2.15. The molecule has 94 valence electrons. The van der Waals surface area contributed by atoms with Gasteiger partial charge < -0.3 is 10.6 Å². The normalized spacial score (nSPS) is 12.1. The fourth-order valence-electron chi connectivity index (χ4n) is 1.66. The molecule has 0 aromatic carbocycles. The van der Waals surface area contributed by atoms with Crippen LogP contribution in [0, 0.1) is 5.92 Å². The molecule has 0 aliphatic carbocycles. The Morgan fingerprint density at radius 2 is 2.35 bits per heavy atom. The van der Waals surface area contributed by atoms with Gasteiger partial charge in [0.15, 0.2) is 0 Å². The Bertz CT molecular complexity index is 376. The molecule has 3 nitrogen and oxygen atoms in total. The summed E-state index contributed by atoms with van der Waals surface area (Å²) in [7, 11) is 1.79. The lowest BCUT2D eigenvalue weighted by Gasteiger charge is -2.22. The first-order chi connectivity index (χ1) is 8.06. The second-order valence-corrected chi connectivity index (χ2v) is 5.52. The molecule has 5 heteroatoms. The smallest absolute Gasteiger partial charge is 0.232 e. The van der Waals surface area contributed by atoms with E-state index in [0.717, 1.165) is 12.8 Å². The molecule has 1 aromatic rings. The molecule has 0 radical (unpaired) electrons. The summed E-state index contributed by atoms with van der Waals surface area (Å²) in [5, 5.41) is 2.00. The van der Waals surface area contributed by atoms with Gasteiger partial charge in [-0.05, 0) is 17.9 Å². The number of thiocarbonyl (C=S) groups is 1. The van der Waals surface area contributed by atoms with E-state index in [1.54, 1.807) is 23.3 Å². The zero-order valence-corrected chi connectivity index (χ0v) is 11.8. The molecule has 1 aromatic heterocycles. The van der Waals surface area contributed by atoms with E-state index in [-0.39, 0.29) is 11.8 Å². The SMILES string of the molecule is CCCC(C(=O)N(C)Cc1cccs1)C(N)=S. The standard InChI is InChI=1S/C12H18N2OS2/c1-3-5-10(11(13)16)12(15)14(2)8-9-6-4-7-17-9/h4,6-7,10H,3,5,8H2,1-2H3,(H2,13,16). The predicted molar refractivity (Wildman–Crippen MR) is 76.0 cm³/mol. The van der Waals surface area contributed by atoms with Gasteiger partial charge in [0.1, 0.15) is 0 Å². The summed E-state index contributed by atoms with van der Waals surface area (Å²) >= 11 is 6.60. The highest BCUT2D eigenvalue weighted by atomic mass is 32.1. The number of rotatable bonds is 6. The van der Waals surface area contributed by atoms with Gasteiger partial charge in [-0.3, -0.25) is 4.79 Å². The molecule has 0 saturated carbocycles. The maximum Gasteiger partial charge on any atom is 0.232 e. The topological polar surface area (TPSA) is 46.3 Å². The Morgan fingerprint density at radius 1 is 1.65 bits per heavy atom. The molecule has 1 heterocycles. The fourth-order valence-corrected chi connectivity index (χ4v) is 2.63. The summed E-state index contributed by atoms with van der Waals surface area (Å²) in [5.74, 6) is -0.298. The first-order valence-electron chi connectivity index (χ1n) is 5.63. The van der Waals surface area contributed by atoms with Crippen LogP contribution in [0.5, 0.6) is 0 Å². The molecular weight excluding hydrogens is 252 g/mol. The van der Waals surface area contributed by atoms with Gasteiger partial charge in [-0.15, -0.1) is 11.3 Å². The van der Waals surface area contributed by atoms with Crippen LogP contribution < -0.4 is 5.73 Å². The molecule has 1 rings (SSSR count). The van der Waals surface area contributed by atoms with E-state index in [1.165, 1.54) is 4.88 Å². The molecule has 0 aliphatic heterocycles. The Labute approximate surface area is 112 Å². The summed E-state index contributed by atoms with van der Waals surface area (Å²) in [6.07, 6.45) is 1.63. The van der Waals surface area contributed by atoms with E-state index >= 15 is 0 Å². The Balaban J connectivity index is 2.63. The lowest BCUT2D eigenvalue weighted by molar-refractivity contribution is -0.132. The highest BCUT2D eigenvalue weighted by molar-refractivity contribution is 7.80. The van der Waals surface area contributed by atoms with Crippen molar-refractivity contribution in [3.63, 3.8) is 0 Å². The van der Waals surface area contributed by atoms with Crippen LogP contribution in [0.4, 0.5) is 0 Å². The molecule has 0 spiro atoms. The van der Waals surface area contributed by atoms with Crippen LogP contribution >= 0.6 is 23.6 Å². The van der Waals surface area contributed by atoms with Crippen LogP contribution in [-0.4, -0.2) is 22.8 Å². The van der Waals surface area contributed by atoms with Gasteiger partial charge >= 0.3 is 0 Å². The van der Waals surface area contributed by atoms with Crippen molar-refractivity contribution in [3.8, 4) is 0 Å². The van der Waals surface area contributed by atoms with Gasteiger partial charge in [-0.25, -0.2) is 0 Å². The van der Waals surface area contributed by atoms with Crippen molar-refractivity contribution in [2.24, 2.45) is 11.7 Å². The first kappa shape index (κ1) is 14.1. The van der Waals surface area contributed by atoms with Crippen molar-refractivity contribution in [1.29, 1.82) is 0 Å². The van der Waals surface area contributed by atoms with E-state index in [2.05, 4.69) is 0 Å². The van der Waals surface area contributed by atoms with Crippen LogP contribution in [0.25, 0.3) is 0 Å². The molecular formula is C12H18N2OS2. The molecule has 0 saturated heterocycles. The van der Waals surface area contributed by atoms with Gasteiger partial charge in [0.05, 0.1) is 17.5 Å². The minimum absolute atomic E-state index is 0.0211. The summed E-state index contributed by atoms with van der Waals surface area (Å²) in [4.78, 5) is 15.3. The number of nitrogens with two attached hydrogens (primary N) is 1. The van der Waals surface area contributed by atoms with Crippen LogP contribution in [0.3, 0.4) is 0 Å². The molecule has 0 bridgehead atoms. The predicted octanol–water partition coefficient (Wildman–Crippen LogP) is 2.41. The van der Waals surface area contributed by atoms with Crippen LogP contribution in [0.15, 0.2) is 17.5 Å². The second-order valence-electron chi connectivity index (χ2n) is 4.02. The van der Waals surface area contributed by atoms with Gasteiger partial charge in [0.25, 0.3) is 0 Å². The van der Waals surface area contributed by atoms with Crippen molar-refractivity contribution in [1.82, 2.24) is 4.90 Å². The van der Waals surface area contributed by atoms with Crippen molar-refractivity contribution >= 4 is 34.5 Å². The Hall–Kier alpha value is -0.940. The van der Waals surface area contributed by atoms with Gasteiger partial charge in [-0.2, -0.15) is 0 Å². The molecule has 0 fully saturated rings. The second kappa shape index (κ2) is 6.71. The van der Waals surface area contributed by atoms with E-state index < -0.39 is 0 Å². The summed E-state index contributed by atoms with van der Waals surface area (Å²) in [5.41, 5.74) is 5.62. The lowest BCUT2D eigenvalue weighted by atomic mass is 10.0. The van der Waals surface area contributed by atoms with Crippen LogP contribution in [-0.2, 0) is 11.3 Å². The Morgan fingerprint density at radius 3 is 2.82 bits per heavy atom. The summed E-state index contributed by atoms with van der Waals surface area (Å²) < 4.78 is 0. The Kier molecular flexibility index (Phi) is 5.58. The van der Waals surface area contributed by atoms with E-state index in [1.807, 2.05) is 24.4 Å². The largest absolute Gasteiger partial charge is 0.393 e. The number of hydrogen-bond acceptors (Lipinski definition) is 3. The van der Waals surface area contributed by atoms with Crippen molar-refractivity contribution in [2.45, 2.75) is 26.3 Å². The first-order valence-corrected chi connectivity index (χ1v) is 6.91. The minimum atomic E-state index is -0.319. The van der Waals surface area contributed by atoms with Gasteiger partial charge in [0.2, 0.25) is 5.91 Å². The van der Waals surface area contributed by atoms with Crippen LogP contribution in [0.2, 0.25) is 0 Å². The fraction of sp³-hybridized carbons (Fsp3) is 0.500. The van der Waals surface area contributed by atoms with Crippen molar-refractivity contribution in [2.75, 3.05) is 7.05 Å². The van der Waals surface area contributed by atoms with Crippen molar-refractivity contribution in [3.05, 3.63) is 22.4 Å². The number of hydrogen-bond donors (Lipinski definition) is 1. The van der Waals surface area contributed by atoms with E-state index in [0.29, 0.717) is 11.5 Å². The quantitative estimate of drug-likeness (QED) is 0.807. The average Bonchev–Trinajstić information content (AvgIpc) is 2.77. The van der Waals surface area contributed by atoms with E-state index in [9.17, 15) is 4.79 Å². The number of nitrogens with zero attached hydrogens (tertiary/aromatic N) is 1. The number of amides is 1.